The molecule has 1 aliphatic rings. The summed E-state index contributed by atoms with van der Waals surface area (Å²) in [5.41, 5.74) is 1.61. The van der Waals surface area contributed by atoms with Gasteiger partial charge in [-0.05, 0) is 50.9 Å². The van der Waals surface area contributed by atoms with Gasteiger partial charge in [-0.2, -0.15) is 0 Å². The Bertz CT molecular complexity index is 388. The van der Waals surface area contributed by atoms with Gasteiger partial charge in [-0.25, -0.2) is 0 Å². The molecule has 0 bridgehead atoms. The van der Waals surface area contributed by atoms with Crippen LogP contribution in [0.15, 0.2) is 24.4 Å². The van der Waals surface area contributed by atoms with Crippen molar-refractivity contribution in [2.45, 2.75) is 51.7 Å². The molecule has 0 saturated heterocycles. The van der Waals surface area contributed by atoms with E-state index in [1.54, 1.807) is 0 Å². The third-order valence-electron chi connectivity index (χ3n) is 4.43. The summed E-state index contributed by atoms with van der Waals surface area (Å²) in [6, 6.07) is 7.34. The number of hydrogen-bond acceptors (Lipinski definition) is 3. The highest BCUT2D eigenvalue weighted by atomic mass is 15.2. The smallest absolute Gasteiger partial charge is 0.0543 e. The second kappa shape index (κ2) is 6.02. The van der Waals surface area contributed by atoms with Gasteiger partial charge < -0.3 is 5.32 Å². The molecule has 0 aliphatic heterocycles. The summed E-state index contributed by atoms with van der Waals surface area (Å²) in [6.07, 6.45) is 5.71. The molecule has 1 heterocycles. The molecule has 2 atom stereocenters. The standard InChI is InChI=1S/C16H27N3/c1-16(2)9-8-14(17-3)15(11-16)19(4)12-13-7-5-6-10-18-13/h5-7,10,14-15,17H,8-9,11-12H2,1-4H3. The van der Waals surface area contributed by atoms with E-state index in [2.05, 4.69) is 55.3 Å². The number of likely N-dealkylation sites (N-methyl/N-ethyl adjacent to an activating group) is 2. The highest BCUT2D eigenvalue weighted by Crippen LogP contribution is 2.37. The van der Waals surface area contributed by atoms with Crippen molar-refractivity contribution < 1.29 is 0 Å². The highest BCUT2D eigenvalue weighted by Gasteiger charge is 2.36. The van der Waals surface area contributed by atoms with Crippen molar-refractivity contribution in [1.29, 1.82) is 0 Å². The van der Waals surface area contributed by atoms with Gasteiger partial charge in [0.1, 0.15) is 0 Å². The lowest BCUT2D eigenvalue weighted by atomic mass is 9.72. The minimum atomic E-state index is 0.455. The van der Waals surface area contributed by atoms with Crippen molar-refractivity contribution in [3.8, 4) is 0 Å². The van der Waals surface area contributed by atoms with Gasteiger partial charge in [0.2, 0.25) is 0 Å². The maximum absolute atomic E-state index is 4.44. The zero-order valence-corrected chi connectivity index (χ0v) is 12.7. The molecule has 0 aromatic carbocycles. The van der Waals surface area contributed by atoms with Crippen LogP contribution in [0.25, 0.3) is 0 Å². The largest absolute Gasteiger partial charge is 0.315 e. The van der Waals surface area contributed by atoms with Crippen LogP contribution in [0.1, 0.15) is 38.8 Å². The molecule has 3 heteroatoms. The molecule has 19 heavy (non-hydrogen) atoms. The number of aromatic nitrogens is 1. The molecule has 1 aromatic heterocycles. The summed E-state index contributed by atoms with van der Waals surface area (Å²) in [4.78, 5) is 6.90. The topological polar surface area (TPSA) is 28.2 Å². The monoisotopic (exact) mass is 261 g/mol. The van der Waals surface area contributed by atoms with Crippen molar-refractivity contribution in [3.05, 3.63) is 30.1 Å². The molecule has 106 valence electrons. The Kier molecular flexibility index (Phi) is 4.58. The molecular weight excluding hydrogens is 234 g/mol. The van der Waals surface area contributed by atoms with Gasteiger partial charge in [0.15, 0.2) is 0 Å². The van der Waals surface area contributed by atoms with Crippen LogP contribution in [-0.4, -0.2) is 36.1 Å². The van der Waals surface area contributed by atoms with E-state index < -0.39 is 0 Å². The summed E-state index contributed by atoms with van der Waals surface area (Å²) in [5.74, 6) is 0. The molecule has 1 aliphatic carbocycles. The van der Waals surface area contributed by atoms with E-state index in [0.717, 1.165) is 12.2 Å². The molecule has 1 N–H and O–H groups in total. The Labute approximate surface area is 117 Å². The van der Waals surface area contributed by atoms with Gasteiger partial charge in [-0.15, -0.1) is 0 Å². The van der Waals surface area contributed by atoms with Crippen LogP contribution in [-0.2, 0) is 6.54 Å². The molecule has 0 spiro atoms. The van der Waals surface area contributed by atoms with E-state index in [1.165, 1.54) is 19.3 Å². The summed E-state index contributed by atoms with van der Waals surface area (Å²) in [7, 11) is 4.32. The highest BCUT2D eigenvalue weighted by molar-refractivity contribution is 5.04. The van der Waals surface area contributed by atoms with Gasteiger partial charge in [0.05, 0.1) is 5.69 Å². The average molecular weight is 261 g/mol. The molecule has 0 radical (unpaired) electrons. The number of pyridine rings is 1. The predicted octanol–water partition coefficient (Wildman–Crippen LogP) is 2.68. The number of hydrogen-bond donors (Lipinski definition) is 1. The van der Waals surface area contributed by atoms with Crippen molar-refractivity contribution in [1.82, 2.24) is 15.2 Å². The normalized spacial score (nSPS) is 26.6. The first kappa shape index (κ1) is 14.5. The summed E-state index contributed by atoms with van der Waals surface area (Å²) < 4.78 is 0. The van der Waals surface area contributed by atoms with Gasteiger partial charge >= 0.3 is 0 Å². The van der Waals surface area contributed by atoms with Crippen molar-refractivity contribution in [2.24, 2.45) is 5.41 Å². The van der Waals surface area contributed by atoms with Crippen LogP contribution in [0.3, 0.4) is 0 Å². The predicted molar refractivity (Wildman–Crippen MR) is 80.0 cm³/mol. The zero-order chi connectivity index (χ0) is 13.9. The van der Waals surface area contributed by atoms with Crippen LogP contribution in [0.5, 0.6) is 0 Å². The first-order chi connectivity index (χ1) is 9.02. The molecule has 1 saturated carbocycles. The van der Waals surface area contributed by atoms with Crippen LogP contribution >= 0.6 is 0 Å². The van der Waals surface area contributed by atoms with E-state index >= 15 is 0 Å². The second-order valence-corrected chi connectivity index (χ2v) is 6.61. The lowest BCUT2D eigenvalue weighted by molar-refractivity contribution is 0.0797. The van der Waals surface area contributed by atoms with E-state index in [1.807, 2.05) is 12.3 Å². The summed E-state index contributed by atoms with van der Waals surface area (Å²) in [6.45, 7) is 5.71. The van der Waals surface area contributed by atoms with Gasteiger partial charge in [-0.3, -0.25) is 9.88 Å². The van der Waals surface area contributed by atoms with Crippen LogP contribution in [0, 0.1) is 5.41 Å². The third-order valence-corrected chi connectivity index (χ3v) is 4.43. The first-order valence-electron chi connectivity index (χ1n) is 7.29. The van der Waals surface area contributed by atoms with Gasteiger partial charge in [0.25, 0.3) is 0 Å². The number of nitrogens with one attached hydrogen (secondary N) is 1. The number of rotatable bonds is 4. The SMILES string of the molecule is CNC1CCC(C)(C)CC1N(C)Cc1ccccn1. The van der Waals surface area contributed by atoms with Gasteiger partial charge in [-0.1, -0.05) is 19.9 Å². The van der Waals surface area contributed by atoms with Crippen LogP contribution in [0.4, 0.5) is 0 Å². The molecule has 1 aromatic rings. The van der Waals surface area contributed by atoms with Crippen molar-refractivity contribution in [2.75, 3.05) is 14.1 Å². The quantitative estimate of drug-likeness (QED) is 0.903. The molecule has 2 rings (SSSR count). The van der Waals surface area contributed by atoms with Crippen molar-refractivity contribution in [3.63, 3.8) is 0 Å². The molecular formula is C16H27N3. The van der Waals surface area contributed by atoms with Gasteiger partial charge in [0, 0.05) is 24.8 Å². The van der Waals surface area contributed by atoms with Crippen LogP contribution in [0.2, 0.25) is 0 Å². The van der Waals surface area contributed by atoms with E-state index in [9.17, 15) is 0 Å². The fourth-order valence-electron chi connectivity index (χ4n) is 3.21. The van der Waals surface area contributed by atoms with E-state index in [-0.39, 0.29) is 0 Å². The average Bonchev–Trinajstić information content (AvgIpc) is 2.39. The molecule has 2 unspecified atom stereocenters. The minimum Gasteiger partial charge on any atom is -0.315 e. The van der Waals surface area contributed by atoms with E-state index in [4.69, 9.17) is 0 Å². The Hall–Kier alpha value is -0.930. The fourth-order valence-corrected chi connectivity index (χ4v) is 3.21. The molecule has 1 fully saturated rings. The maximum atomic E-state index is 4.44. The Morgan fingerprint density at radius 2 is 2.21 bits per heavy atom. The van der Waals surface area contributed by atoms with Crippen LogP contribution < -0.4 is 5.32 Å². The lowest BCUT2D eigenvalue weighted by Crippen LogP contribution is -2.52. The first-order valence-corrected chi connectivity index (χ1v) is 7.29. The summed E-state index contributed by atoms with van der Waals surface area (Å²) in [5, 5.41) is 3.50. The second-order valence-electron chi connectivity index (χ2n) is 6.61. The Morgan fingerprint density at radius 3 is 2.84 bits per heavy atom. The number of nitrogens with zero attached hydrogens (tertiary/aromatic N) is 2. The zero-order valence-electron chi connectivity index (χ0n) is 12.7. The maximum Gasteiger partial charge on any atom is 0.0543 e. The van der Waals surface area contributed by atoms with E-state index in [0.29, 0.717) is 17.5 Å². The Balaban J connectivity index is 2.04. The molecule has 3 nitrogen and oxygen atoms in total. The fraction of sp³-hybridized carbons (Fsp3) is 0.688. The van der Waals surface area contributed by atoms with Crippen molar-refractivity contribution >= 4 is 0 Å². The minimum absolute atomic E-state index is 0.455. The lowest BCUT2D eigenvalue weighted by Gasteiger charge is -2.44. The summed E-state index contributed by atoms with van der Waals surface area (Å²) >= 11 is 0. The molecule has 0 amide bonds. The Morgan fingerprint density at radius 1 is 1.42 bits per heavy atom. The third kappa shape index (κ3) is 3.77.